The van der Waals surface area contributed by atoms with Crippen LogP contribution in [-0.4, -0.2) is 40.6 Å². The molecule has 0 bridgehead atoms. The summed E-state index contributed by atoms with van der Waals surface area (Å²) >= 11 is 0. The second-order valence-corrected chi connectivity index (χ2v) is 6.54. The van der Waals surface area contributed by atoms with Crippen LogP contribution in [0.15, 0.2) is 0 Å². The minimum absolute atomic E-state index is 0.0702. The van der Waals surface area contributed by atoms with E-state index < -0.39 is 11.5 Å². The number of carboxylic acids is 1. The maximum absolute atomic E-state index is 12.1. The number of rotatable bonds is 4. The highest BCUT2D eigenvalue weighted by Gasteiger charge is 2.32. The summed E-state index contributed by atoms with van der Waals surface area (Å²) in [4.78, 5) is 24.6. The molecule has 0 spiro atoms. The average molecular weight is 270 g/mol. The lowest BCUT2D eigenvalue weighted by Gasteiger charge is -2.40. The van der Waals surface area contributed by atoms with Gasteiger partial charge < -0.3 is 15.3 Å². The molecule has 0 aliphatic carbocycles. The van der Waals surface area contributed by atoms with Gasteiger partial charge in [0.25, 0.3) is 0 Å². The van der Waals surface area contributed by atoms with Crippen molar-refractivity contribution < 1.29 is 14.7 Å². The van der Waals surface area contributed by atoms with Gasteiger partial charge in [0.2, 0.25) is 0 Å². The van der Waals surface area contributed by atoms with Crippen molar-refractivity contribution in [3.8, 4) is 0 Å². The van der Waals surface area contributed by atoms with Crippen LogP contribution in [0.3, 0.4) is 0 Å². The molecule has 0 unspecified atom stereocenters. The summed E-state index contributed by atoms with van der Waals surface area (Å²) in [7, 11) is 0. The van der Waals surface area contributed by atoms with Gasteiger partial charge >= 0.3 is 12.0 Å². The molecule has 19 heavy (non-hydrogen) atoms. The molecule has 1 heterocycles. The quantitative estimate of drug-likeness (QED) is 0.824. The molecule has 0 aromatic rings. The summed E-state index contributed by atoms with van der Waals surface area (Å²) in [6.07, 6.45) is 3.08. The minimum atomic E-state index is -0.900. The number of carbonyl (C=O) groups excluding carboxylic acids is 1. The van der Waals surface area contributed by atoms with E-state index in [0.717, 1.165) is 32.4 Å². The Kier molecular flexibility index (Phi) is 4.82. The standard InChI is InChI=1S/C14H26N2O3/c1-5-14(4)6-8-16(9-7-14)12(19)15-13(2,3)10-11(17)18/h5-10H2,1-4H3,(H,15,19)(H,17,18). The molecule has 0 aromatic carbocycles. The molecule has 0 aromatic heterocycles. The van der Waals surface area contributed by atoms with Crippen LogP contribution >= 0.6 is 0 Å². The van der Waals surface area contributed by atoms with Crippen LogP contribution in [0.1, 0.15) is 53.4 Å². The molecule has 0 saturated carbocycles. The topological polar surface area (TPSA) is 69.6 Å². The molecule has 2 N–H and O–H groups in total. The fraction of sp³-hybridized carbons (Fsp3) is 0.857. The lowest BCUT2D eigenvalue weighted by molar-refractivity contribution is -0.138. The van der Waals surface area contributed by atoms with Crippen molar-refractivity contribution in [2.24, 2.45) is 5.41 Å². The van der Waals surface area contributed by atoms with Gasteiger partial charge in [-0.1, -0.05) is 20.3 Å². The van der Waals surface area contributed by atoms with E-state index in [9.17, 15) is 9.59 Å². The van der Waals surface area contributed by atoms with Crippen molar-refractivity contribution in [3.63, 3.8) is 0 Å². The van der Waals surface area contributed by atoms with Crippen LogP contribution < -0.4 is 5.32 Å². The number of carbonyl (C=O) groups is 2. The molecular formula is C14H26N2O3. The Morgan fingerprint density at radius 3 is 2.26 bits per heavy atom. The van der Waals surface area contributed by atoms with E-state index in [0.29, 0.717) is 5.41 Å². The van der Waals surface area contributed by atoms with Crippen LogP contribution in [0.25, 0.3) is 0 Å². The Hall–Kier alpha value is -1.26. The molecule has 1 rings (SSSR count). The Bertz CT molecular complexity index is 345. The average Bonchev–Trinajstić information content (AvgIpc) is 2.27. The molecule has 1 aliphatic rings. The van der Waals surface area contributed by atoms with Crippen molar-refractivity contribution in [2.75, 3.05) is 13.1 Å². The molecule has 1 aliphatic heterocycles. The highest BCUT2D eigenvalue weighted by Crippen LogP contribution is 2.33. The first kappa shape index (κ1) is 15.8. The molecule has 5 heteroatoms. The highest BCUT2D eigenvalue weighted by molar-refractivity contribution is 5.76. The number of nitrogens with one attached hydrogen (secondary N) is 1. The van der Waals surface area contributed by atoms with Gasteiger partial charge in [0.15, 0.2) is 0 Å². The van der Waals surface area contributed by atoms with Gasteiger partial charge in [0, 0.05) is 18.6 Å². The second-order valence-electron chi connectivity index (χ2n) is 6.54. The molecule has 2 amide bonds. The maximum Gasteiger partial charge on any atom is 0.317 e. The lowest BCUT2D eigenvalue weighted by Crippen LogP contribution is -2.53. The molecule has 110 valence electrons. The van der Waals surface area contributed by atoms with Gasteiger partial charge in [-0.25, -0.2) is 4.79 Å². The number of nitrogens with zero attached hydrogens (tertiary/aromatic N) is 1. The molecule has 0 radical (unpaired) electrons. The van der Waals surface area contributed by atoms with Crippen LogP contribution in [0.5, 0.6) is 0 Å². The van der Waals surface area contributed by atoms with E-state index in [1.165, 1.54) is 0 Å². The summed E-state index contributed by atoms with van der Waals surface area (Å²) in [5.74, 6) is -0.900. The Balaban J connectivity index is 2.50. The number of carboxylic acid groups (broad SMARTS) is 1. The third-order valence-corrected chi connectivity index (χ3v) is 4.15. The number of urea groups is 1. The fourth-order valence-electron chi connectivity index (χ4n) is 2.39. The Morgan fingerprint density at radius 1 is 1.32 bits per heavy atom. The zero-order valence-corrected chi connectivity index (χ0v) is 12.5. The van der Waals surface area contributed by atoms with Crippen molar-refractivity contribution in [1.29, 1.82) is 0 Å². The third-order valence-electron chi connectivity index (χ3n) is 4.15. The SMILES string of the molecule is CCC1(C)CCN(C(=O)NC(C)(C)CC(=O)O)CC1. The van der Waals surface area contributed by atoms with E-state index in [2.05, 4.69) is 19.2 Å². The van der Waals surface area contributed by atoms with E-state index in [1.54, 1.807) is 18.7 Å². The fourth-order valence-corrected chi connectivity index (χ4v) is 2.39. The van der Waals surface area contributed by atoms with Crippen LogP contribution in [0.2, 0.25) is 0 Å². The van der Waals surface area contributed by atoms with Gasteiger partial charge in [-0.15, -0.1) is 0 Å². The molecule has 5 nitrogen and oxygen atoms in total. The van der Waals surface area contributed by atoms with Gasteiger partial charge in [0.05, 0.1) is 6.42 Å². The number of piperidine rings is 1. The largest absolute Gasteiger partial charge is 0.481 e. The first-order valence-corrected chi connectivity index (χ1v) is 6.96. The van der Waals surface area contributed by atoms with E-state index in [-0.39, 0.29) is 12.5 Å². The first-order chi connectivity index (χ1) is 8.67. The summed E-state index contributed by atoms with van der Waals surface area (Å²) in [5, 5.41) is 11.6. The third kappa shape index (κ3) is 4.73. The van der Waals surface area contributed by atoms with E-state index in [4.69, 9.17) is 5.11 Å². The van der Waals surface area contributed by atoms with Crippen LogP contribution in [0, 0.1) is 5.41 Å². The van der Waals surface area contributed by atoms with Crippen LogP contribution in [0.4, 0.5) is 4.79 Å². The van der Waals surface area contributed by atoms with Crippen molar-refractivity contribution in [1.82, 2.24) is 10.2 Å². The summed E-state index contributed by atoms with van der Waals surface area (Å²) < 4.78 is 0. The summed E-state index contributed by atoms with van der Waals surface area (Å²) in [6, 6.07) is -0.149. The molecular weight excluding hydrogens is 244 g/mol. The van der Waals surface area contributed by atoms with Crippen LogP contribution in [-0.2, 0) is 4.79 Å². The smallest absolute Gasteiger partial charge is 0.317 e. The van der Waals surface area contributed by atoms with Gasteiger partial charge in [0.1, 0.15) is 0 Å². The number of amides is 2. The maximum atomic E-state index is 12.1. The predicted octanol–water partition coefficient (Wildman–Crippen LogP) is 2.46. The lowest BCUT2D eigenvalue weighted by atomic mass is 9.78. The highest BCUT2D eigenvalue weighted by atomic mass is 16.4. The number of hydrogen-bond acceptors (Lipinski definition) is 2. The zero-order valence-electron chi connectivity index (χ0n) is 12.5. The number of aliphatic carboxylic acids is 1. The minimum Gasteiger partial charge on any atom is -0.481 e. The summed E-state index contributed by atoms with van der Waals surface area (Å²) in [5.41, 5.74) is -0.373. The summed E-state index contributed by atoms with van der Waals surface area (Å²) in [6.45, 7) is 9.42. The van der Waals surface area contributed by atoms with Crippen molar-refractivity contribution >= 4 is 12.0 Å². The molecule has 0 atom stereocenters. The second kappa shape index (κ2) is 5.80. The number of likely N-dealkylation sites (tertiary alicyclic amines) is 1. The van der Waals surface area contributed by atoms with Gasteiger partial charge in [-0.3, -0.25) is 4.79 Å². The van der Waals surface area contributed by atoms with Crippen molar-refractivity contribution in [3.05, 3.63) is 0 Å². The predicted molar refractivity (Wildman–Crippen MR) is 74.1 cm³/mol. The molecule has 1 fully saturated rings. The van der Waals surface area contributed by atoms with Gasteiger partial charge in [-0.05, 0) is 32.1 Å². The Labute approximate surface area is 115 Å². The number of hydrogen-bond donors (Lipinski definition) is 2. The zero-order chi connectivity index (χ0) is 14.7. The van der Waals surface area contributed by atoms with Crippen molar-refractivity contribution in [2.45, 2.75) is 58.9 Å². The molecule has 1 saturated heterocycles. The first-order valence-electron chi connectivity index (χ1n) is 6.96. The Morgan fingerprint density at radius 2 is 1.84 bits per heavy atom. The monoisotopic (exact) mass is 270 g/mol. The van der Waals surface area contributed by atoms with E-state index >= 15 is 0 Å². The normalized spacial score (nSPS) is 19.1. The van der Waals surface area contributed by atoms with Gasteiger partial charge in [-0.2, -0.15) is 0 Å². The van der Waals surface area contributed by atoms with E-state index in [1.807, 2.05) is 0 Å².